The molecule has 0 radical (unpaired) electrons. The smallest absolute Gasteiger partial charge is 0.119 e. The molecule has 0 spiro atoms. The van der Waals surface area contributed by atoms with Crippen molar-refractivity contribution < 1.29 is 9.47 Å². The van der Waals surface area contributed by atoms with Gasteiger partial charge in [-0.2, -0.15) is 0 Å². The number of benzene rings is 1. The summed E-state index contributed by atoms with van der Waals surface area (Å²) in [4.78, 5) is 0. The SMILES string of the molecule is CCOCCOc1ccc(C(C)C)cc1. The highest BCUT2D eigenvalue weighted by molar-refractivity contribution is 5.28. The van der Waals surface area contributed by atoms with Crippen LogP contribution in [0.4, 0.5) is 0 Å². The fourth-order valence-corrected chi connectivity index (χ4v) is 1.31. The maximum atomic E-state index is 5.52. The monoisotopic (exact) mass is 208 g/mol. The minimum Gasteiger partial charge on any atom is -0.491 e. The topological polar surface area (TPSA) is 18.5 Å². The molecule has 0 fully saturated rings. The van der Waals surface area contributed by atoms with Crippen molar-refractivity contribution in [2.24, 2.45) is 0 Å². The van der Waals surface area contributed by atoms with E-state index in [4.69, 9.17) is 9.47 Å². The van der Waals surface area contributed by atoms with Crippen molar-refractivity contribution in [2.45, 2.75) is 26.7 Å². The van der Waals surface area contributed by atoms with Gasteiger partial charge in [0.1, 0.15) is 12.4 Å². The van der Waals surface area contributed by atoms with E-state index in [1.54, 1.807) is 0 Å². The van der Waals surface area contributed by atoms with Gasteiger partial charge in [0.15, 0.2) is 0 Å². The molecule has 0 aliphatic heterocycles. The zero-order valence-electron chi connectivity index (χ0n) is 9.82. The summed E-state index contributed by atoms with van der Waals surface area (Å²) in [6.45, 7) is 8.38. The van der Waals surface area contributed by atoms with Crippen molar-refractivity contribution in [1.82, 2.24) is 0 Å². The van der Waals surface area contributed by atoms with Gasteiger partial charge in [0.05, 0.1) is 6.61 Å². The van der Waals surface area contributed by atoms with E-state index in [1.165, 1.54) is 5.56 Å². The van der Waals surface area contributed by atoms with Gasteiger partial charge in [-0.05, 0) is 30.5 Å². The van der Waals surface area contributed by atoms with Gasteiger partial charge >= 0.3 is 0 Å². The molecule has 0 amide bonds. The number of hydrogen-bond acceptors (Lipinski definition) is 2. The van der Waals surface area contributed by atoms with Crippen molar-refractivity contribution >= 4 is 0 Å². The van der Waals surface area contributed by atoms with Crippen LogP contribution in [0, 0.1) is 0 Å². The number of rotatable bonds is 6. The van der Waals surface area contributed by atoms with Crippen LogP contribution in [0.15, 0.2) is 24.3 Å². The molecule has 0 aromatic heterocycles. The third-order valence-corrected chi connectivity index (χ3v) is 2.25. The minimum atomic E-state index is 0.572. The van der Waals surface area contributed by atoms with Crippen molar-refractivity contribution in [3.8, 4) is 5.75 Å². The molecule has 1 rings (SSSR count). The first kappa shape index (κ1) is 12.1. The lowest BCUT2D eigenvalue weighted by Crippen LogP contribution is -2.06. The van der Waals surface area contributed by atoms with E-state index >= 15 is 0 Å². The minimum absolute atomic E-state index is 0.572. The molecule has 0 saturated heterocycles. The third kappa shape index (κ3) is 4.34. The van der Waals surface area contributed by atoms with Gasteiger partial charge in [0, 0.05) is 6.61 Å². The van der Waals surface area contributed by atoms with Crippen molar-refractivity contribution in [2.75, 3.05) is 19.8 Å². The molecule has 1 aromatic carbocycles. The summed E-state index contributed by atoms with van der Waals surface area (Å²) >= 11 is 0. The van der Waals surface area contributed by atoms with E-state index < -0.39 is 0 Å². The molecule has 1 aromatic rings. The first-order valence-corrected chi connectivity index (χ1v) is 5.54. The molecule has 0 unspecified atom stereocenters. The van der Waals surface area contributed by atoms with Crippen LogP contribution in [-0.2, 0) is 4.74 Å². The molecule has 0 bridgehead atoms. The van der Waals surface area contributed by atoms with Crippen LogP contribution >= 0.6 is 0 Å². The summed E-state index contributed by atoms with van der Waals surface area (Å²) in [5.74, 6) is 1.49. The van der Waals surface area contributed by atoms with Crippen LogP contribution in [0.5, 0.6) is 5.75 Å². The molecular formula is C13H20O2. The first-order chi connectivity index (χ1) is 7.24. The van der Waals surface area contributed by atoms with E-state index in [1.807, 2.05) is 19.1 Å². The van der Waals surface area contributed by atoms with E-state index in [9.17, 15) is 0 Å². The van der Waals surface area contributed by atoms with Gasteiger partial charge in [-0.15, -0.1) is 0 Å². The average molecular weight is 208 g/mol. The molecule has 0 saturated carbocycles. The molecule has 0 aliphatic carbocycles. The van der Waals surface area contributed by atoms with E-state index in [-0.39, 0.29) is 0 Å². The Morgan fingerprint density at radius 3 is 2.27 bits per heavy atom. The zero-order chi connectivity index (χ0) is 11.1. The maximum Gasteiger partial charge on any atom is 0.119 e. The molecule has 0 heterocycles. The predicted molar refractivity (Wildman–Crippen MR) is 62.5 cm³/mol. The summed E-state index contributed by atoms with van der Waals surface area (Å²) in [5, 5.41) is 0. The summed E-state index contributed by atoms with van der Waals surface area (Å²) in [7, 11) is 0. The summed E-state index contributed by atoms with van der Waals surface area (Å²) < 4.78 is 10.7. The van der Waals surface area contributed by atoms with Gasteiger partial charge in [-0.25, -0.2) is 0 Å². The van der Waals surface area contributed by atoms with Gasteiger partial charge in [-0.3, -0.25) is 0 Å². The number of ether oxygens (including phenoxy) is 2. The van der Waals surface area contributed by atoms with Crippen LogP contribution in [0.3, 0.4) is 0 Å². The Balaban J connectivity index is 2.36. The maximum absolute atomic E-state index is 5.52. The lowest BCUT2D eigenvalue weighted by molar-refractivity contribution is 0.110. The second-order valence-electron chi connectivity index (χ2n) is 3.77. The Bertz CT molecular complexity index is 264. The van der Waals surface area contributed by atoms with Crippen LogP contribution in [0.1, 0.15) is 32.3 Å². The molecular weight excluding hydrogens is 188 g/mol. The second kappa shape index (κ2) is 6.46. The normalized spacial score (nSPS) is 10.7. The lowest BCUT2D eigenvalue weighted by atomic mass is 10.0. The lowest BCUT2D eigenvalue weighted by Gasteiger charge is -2.08. The Morgan fingerprint density at radius 1 is 1.07 bits per heavy atom. The largest absolute Gasteiger partial charge is 0.491 e. The van der Waals surface area contributed by atoms with E-state index in [0.29, 0.717) is 19.1 Å². The highest BCUT2D eigenvalue weighted by Gasteiger charge is 1.99. The Morgan fingerprint density at radius 2 is 1.73 bits per heavy atom. The van der Waals surface area contributed by atoms with Gasteiger partial charge in [0.2, 0.25) is 0 Å². The molecule has 15 heavy (non-hydrogen) atoms. The highest BCUT2D eigenvalue weighted by atomic mass is 16.5. The van der Waals surface area contributed by atoms with Crippen molar-refractivity contribution in [1.29, 1.82) is 0 Å². The fourth-order valence-electron chi connectivity index (χ4n) is 1.31. The van der Waals surface area contributed by atoms with Gasteiger partial charge in [0.25, 0.3) is 0 Å². The first-order valence-electron chi connectivity index (χ1n) is 5.54. The van der Waals surface area contributed by atoms with E-state index in [2.05, 4.69) is 26.0 Å². The molecule has 0 N–H and O–H groups in total. The summed E-state index contributed by atoms with van der Waals surface area (Å²) in [6.07, 6.45) is 0. The average Bonchev–Trinajstić information content (AvgIpc) is 2.25. The van der Waals surface area contributed by atoms with E-state index in [0.717, 1.165) is 12.4 Å². The quantitative estimate of drug-likeness (QED) is 0.668. The Hall–Kier alpha value is -1.02. The summed E-state index contributed by atoms with van der Waals surface area (Å²) in [5.41, 5.74) is 1.34. The van der Waals surface area contributed by atoms with Crippen LogP contribution < -0.4 is 4.74 Å². The van der Waals surface area contributed by atoms with Gasteiger partial charge < -0.3 is 9.47 Å². The second-order valence-corrected chi connectivity index (χ2v) is 3.77. The Labute approximate surface area is 92.2 Å². The molecule has 0 atom stereocenters. The third-order valence-electron chi connectivity index (χ3n) is 2.25. The van der Waals surface area contributed by atoms with Crippen molar-refractivity contribution in [3.63, 3.8) is 0 Å². The van der Waals surface area contributed by atoms with Crippen LogP contribution in [0.25, 0.3) is 0 Å². The fraction of sp³-hybridized carbons (Fsp3) is 0.538. The standard InChI is InChI=1S/C13H20O2/c1-4-14-9-10-15-13-7-5-12(6-8-13)11(2)3/h5-8,11H,4,9-10H2,1-3H3. The highest BCUT2D eigenvalue weighted by Crippen LogP contribution is 2.18. The van der Waals surface area contributed by atoms with Crippen molar-refractivity contribution in [3.05, 3.63) is 29.8 Å². The Kier molecular flexibility index (Phi) is 5.19. The summed E-state index contributed by atoms with van der Waals surface area (Å²) in [6, 6.07) is 8.25. The zero-order valence-corrected chi connectivity index (χ0v) is 9.82. The predicted octanol–water partition coefficient (Wildman–Crippen LogP) is 3.23. The molecule has 2 nitrogen and oxygen atoms in total. The van der Waals surface area contributed by atoms with Crippen LogP contribution in [-0.4, -0.2) is 19.8 Å². The number of hydrogen-bond donors (Lipinski definition) is 0. The molecule has 0 aliphatic rings. The van der Waals surface area contributed by atoms with Crippen LogP contribution in [0.2, 0.25) is 0 Å². The molecule has 84 valence electrons. The van der Waals surface area contributed by atoms with Gasteiger partial charge in [-0.1, -0.05) is 26.0 Å². The molecule has 2 heteroatoms.